The Morgan fingerprint density at radius 3 is 2.96 bits per heavy atom. The predicted molar refractivity (Wildman–Crippen MR) is 90.3 cm³/mol. The molecule has 0 bridgehead atoms. The van der Waals surface area contributed by atoms with Gasteiger partial charge in [0.2, 0.25) is 0 Å². The summed E-state index contributed by atoms with van der Waals surface area (Å²) in [6.07, 6.45) is 2.40. The Labute approximate surface area is 139 Å². The van der Waals surface area contributed by atoms with Crippen LogP contribution in [0.15, 0.2) is 0 Å². The zero-order valence-electron chi connectivity index (χ0n) is 13.6. The van der Waals surface area contributed by atoms with Crippen molar-refractivity contribution in [2.24, 2.45) is 0 Å². The van der Waals surface area contributed by atoms with E-state index < -0.39 is 0 Å². The number of fused-ring (bicyclic) bond motifs is 1. The van der Waals surface area contributed by atoms with Crippen molar-refractivity contribution in [3.8, 4) is 0 Å². The van der Waals surface area contributed by atoms with Crippen molar-refractivity contribution in [1.82, 2.24) is 9.97 Å². The molecule has 0 radical (unpaired) electrons. The molecule has 0 saturated carbocycles. The SMILES string of the molecule is CCOC(=O)c1sc2nc(C)nc(NC[C@@H]3CCCO3)c2c1C. The molecule has 23 heavy (non-hydrogen) atoms. The van der Waals surface area contributed by atoms with Gasteiger partial charge in [0.05, 0.1) is 18.1 Å². The summed E-state index contributed by atoms with van der Waals surface area (Å²) in [6, 6.07) is 0. The third-order valence-corrected chi connectivity index (χ3v) is 5.05. The van der Waals surface area contributed by atoms with E-state index in [0.29, 0.717) is 17.3 Å². The second-order valence-electron chi connectivity index (χ2n) is 5.59. The number of nitrogens with one attached hydrogen (secondary N) is 1. The van der Waals surface area contributed by atoms with Gasteiger partial charge in [-0.1, -0.05) is 0 Å². The number of anilines is 1. The van der Waals surface area contributed by atoms with Crippen molar-refractivity contribution in [3.63, 3.8) is 0 Å². The number of rotatable bonds is 5. The monoisotopic (exact) mass is 335 g/mol. The Balaban J connectivity index is 1.94. The molecule has 124 valence electrons. The van der Waals surface area contributed by atoms with E-state index in [1.54, 1.807) is 6.92 Å². The molecule has 0 aromatic carbocycles. The predicted octanol–water partition coefficient (Wildman–Crippen LogP) is 3.08. The van der Waals surface area contributed by atoms with Gasteiger partial charge in [0.15, 0.2) is 0 Å². The molecule has 6 nitrogen and oxygen atoms in total. The van der Waals surface area contributed by atoms with Gasteiger partial charge in [-0.25, -0.2) is 14.8 Å². The minimum Gasteiger partial charge on any atom is -0.462 e. The van der Waals surface area contributed by atoms with Crippen LogP contribution >= 0.6 is 11.3 Å². The fraction of sp³-hybridized carbons (Fsp3) is 0.562. The van der Waals surface area contributed by atoms with Gasteiger partial charge in [-0.05, 0) is 39.2 Å². The lowest BCUT2D eigenvalue weighted by Gasteiger charge is -2.12. The molecule has 1 aliphatic rings. The number of nitrogens with zero attached hydrogens (tertiary/aromatic N) is 2. The number of hydrogen-bond acceptors (Lipinski definition) is 7. The van der Waals surface area contributed by atoms with E-state index >= 15 is 0 Å². The van der Waals surface area contributed by atoms with Gasteiger partial charge in [0.1, 0.15) is 21.3 Å². The number of aromatic nitrogens is 2. The van der Waals surface area contributed by atoms with Gasteiger partial charge in [-0.3, -0.25) is 0 Å². The van der Waals surface area contributed by atoms with Crippen molar-refractivity contribution in [2.75, 3.05) is 25.1 Å². The maximum Gasteiger partial charge on any atom is 0.348 e. The van der Waals surface area contributed by atoms with Crippen LogP contribution in [0.2, 0.25) is 0 Å². The molecule has 0 aliphatic carbocycles. The van der Waals surface area contributed by atoms with Crippen LogP contribution in [0, 0.1) is 13.8 Å². The number of esters is 1. The first kappa shape index (κ1) is 16.1. The molecule has 0 amide bonds. The van der Waals surface area contributed by atoms with E-state index in [4.69, 9.17) is 9.47 Å². The summed E-state index contributed by atoms with van der Waals surface area (Å²) in [5, 5.41) is 4.28. The Kier molecular flexibility index (Phi) is 4.77. The average molecular weight is 335 g/mol. The van der Waals surface area contributed by atoms with E-state index in [0.717, 1.165) is 47.6 Å². The third kappa shape index (κ3) is 3.30. The number of aryl methyl sites for hydroxylation is 2. The van der Waals surface area contributed by atoms with Crippen molar-refractivity contribution in [2.45, 2.75) is 39.7 Å². The highest BCUT2D eigenvalue weighted by atomic mass is 32.1. The quantitative estimate of drug-likeness (QED) is 0.847. The molecule has 2 aromatic heterocycles. The normalized spacial score (nSPS) is 17.6. The molecule has 0 unspecified atom stereocenters. The lowest BCUT2D eigenvalue weighted by atomic mass is 10.2. The lowest BCUT2D eigenvalue weighted by molar-refractivity contribution is 0.0531. The molecular formula is C16H21N3O3S. The minimum atomic E-state index is -0.296. The van der Waals surface area contributed by atoms with Crippen LogP contribution in [-0.4, -0.2) is 41.8 Å². The molecule has 7 heteroatoms. The smallest absolute Gasteiger partial charge is 0.348 e. The summed E-state index contributed by atoms with van der Waals surface area (Å²) in [5.41, 5.74) is 0.873. The molecule has 3 heterocycles. The van der Waals surface area contributed by atoms with Crippen LogP contribution in [0.1, 0.15) is 40.8 Å². The van der Waals surface area contributed by atoms with Gasteiger partial charge < -0.3 is 14.8 Å². The fourth-order valence-electron chi connectivity index (χ4n) is 2.78. The maximum atomic E-state index is 12.1. The zero-order chi connectivity index (χ0) is 16.4. The molecule has 1 saturated heterocycles. The van der Waals surface area contributed by atoms with Crippen LogP contribution in [0.25, 0.3) is 10.2 Å². The molecule has 1 fully saturated rings. The lowest BCUT2D eigenvalue weighted by Crippen LogP contribution is -2.19. The minimum absolute atomic E-state index is 0.226. The molecular weight excluding hydrogens is 314 g/mol. The van der Waals surface area contributed by atoms with Crippen LogP contribution in [0.5, 0.6) is 0 Å². The summed E-state index contributed by atoms with van der Waals surface area (Å²) in [4.78, 5) is 22.5. The van der Waals surface area contributed by atoms with Gasteiger partial charge >= 0.3 is 5.97 Å². The molecule has 2 aromatic rings. The van der Waals surface area contributed by atoms with Crippen molar-refractivity contribution >= 4 is 33.3 Å². The van der Waals surface area contributed by atoms with Gasteiger partial charge in [0.25, 0.3) is 0 Å². The number of carbonyl (C=O) groups excluding carboxylic acids is 1. The summed E-state index contributed by atoms with van der Waals surface area (Å²) in [6.45, 7) is 7.49. The molecule has 3 rings (SSSR count). The second-order valence-corrected chi connectivity index (χ2v) is 6.59. The second kappa shape index (κ2) is 6.80. The highest BCUT2D eigenvalue weighted by molar-refractivity contribution is 7.20. The average Bonchev–Trinajstić information content (AvgIpc) is 3.13. The standard InChI is InChI=1S/C16H21N3O3S/c1-4-21-16(20)13-9(2)12-14(17-8-11-6-5-7-22-11)18-10(3)19-15(12)23-13/h11H,4-8H2,1-3H3,(H,17,18,19)/t11-/m0/s1. The number of carbonyl (C=O) groups is 1. The Bertz CT molecular complexity index is 723. The van der Waals surface area contributed by atoms with Crippen molar-refractivity contribution < 1.29 is 14.3 Å². The molecule has 1 aliphatic heterocycles. The third-order valence-electron chi connectivity index (χ3n) is 3.88. The van der Waals surface area contributed by atoms with E-state index in [1.807, 2.05) is 13.8 Å². The summed E-state index contributed by atoms with van der Waals surface area (Å²) >= 11 is 1.36. The van der Waals surface area contributed by atoms with Crippen LogP contribution in [0.3, 0.4) is 0 Å². The highest BCUT2D eigenvalue weighted by Gasteiger charge is 2.22. The van der Waals surface area contributed by atoms with E-state index in [-0.39, 0.29) is 12.1 Å². The molecule has 0 spiro atoms. The van der Waals surface area contributed by atoms with E-state index in [1.165, 1.54) is 11.3 Å². The molecule has 1 N–H and O–H groups in total. The van der Waals surface area contributed by atoms with E-state index in [2.05, 4.69) is 15.3 Å². The van der Waals surface area contributed by atoms with Crippen molar-refractivity contribution in [1.29, 1.82) is 0 Å². The van der Waals surface area contributed by atoms with Crippen molar-refractivity contribution in [3.05, 3.63) is 16.3 Å². The summed E-state index contributed by atoms with van der Waals surface area (Å²) < 4.78 is 10.8. The number of ether oxygens (including phenoxy) is 2. The Hall–Kier alpha value is -1.73. The number of thiophene rings is 1. The van der Waals surface area contributed by atoms with Gasteiger partial charge in [-0.15, -0.1) is 11.3 Å². The van der Waals surface area contributed by atoms with Crippen LogP contribution in [-0.2, 0) is 9.47 Å². The molecule has 1 atom stereocenters. The van der Waals surface area contributed by atoms with Crippen LogP contribution < -0.4 is 5.32 Å². The maximum absolute atomic E-state index is 12.1. The Morgan fingerprint density at radius 2 is 2.26 bits per heavy atom. The largest absolute Gasteiger partial charge is 0.462 e. The fourth-order valence-corrected chi connectivity index (χ4v) is 3.90. The highest BCUT2D eigenvalue weighted by Crippen LogP contribution is 2.34. The zero-order valence-corrected chi connectivity index (χ0v) is 14.5. The van der Waals surface area contributed by atoms with Gasteiger partial charge in [-0.2, -0.15) is 0 Å². The first-order valence-corrected chi connectivity index (χ1v) is 8.72. The first-order chi connectivity index (χ1) is 11.1. The summed E-state index contributed by atoms with van der Waals surface area (Å²) in [5.74, 6) is 1.16. The number of hydrogen-bond donors (Lipinski definition) is 1. The van der Waals surface area contributed by atoms with Crippen LogP contribution in [0.4, 0.5) is 5.82 Å². The first-order valence-electron chi connectivity index (χ1n) is 7.90. The van der Waals surface area contributed by atoms with Gasteiger partial charge in [0, 0.05) is 13.2 Å². The topological polar surface area (TPSA) is 73.3 Å². The van der Waals surface area contributed by atoms with E-state index in [9.17, 15) is 4.79 Å². The summed E-state index contributed by atoms with van der Waals surface area (Å²) in [7, 11) is 0. The Morgan fingerprint density at radius 1 is 1.43 bits per heavy atom.